The number of rotatable bonds is 5. The molecule has 0 aliphatic carbocycles. The molecule has 1 atom stereocenters. The van der Waals surface area contributed by atoms with Gasteiger partial charge in [0.25, 0.3) is 0 Å². The molecule has 0 fully saturated rings. The van der Waals surface area contributed by atoms with Gasteiger partial charge in [0, 0.05) is 34.2 Å². The van der Waals surface area contributed by atoms with Gasteiger partial charge in [0.15, 0.2) is 0 Å². The number of halogens is 1. The molecule has 0 saturated carbocycles. The van der Waals surface area contributed by atoms with E-state index < -0.39 is 5.97 Å². The van der Waals surface area contributed by atoms with Gasteiger partial charge in [0.1, 0.15) is 0 Å². The quantitative estimate of drug-likeness (QED) is 0.868. The Kier molecular flexibility index (Phi) is 4.55. The van der Waals surface area contributed by atoms with Gasteiger partial charge in [-0.1, -0.05) is 22.9 Å². The van der Waals surface area contributed by atoms with Crippen LogP contribution in [0.15, 0.2) is 34.2 Å². The van der Waals surface area contributed by atoms with Crippen molar-refractivity contribution in [1.29, 1.82) is 0 Å². The van der Waals surface area contributed by atoms with Crippen molar-refractivity contribution in [2.45, 2.75) is 12.8 Å². The van der Waals surface area contributed by atoms with Crippen LogP contribution in [0.3, 0.4) is 0 Å². The first-order chi connectivity index (χ1) is 9.08. The van der Waals surface area contributed by atoms with Crippen LogP contribution in [0.2, 0.25) is 0 Å². The average Bonchev–Trinajstić information content (AvgIpc) is 2.90. The minimum Gasteiger partial charge on any atom is -0.478 e. The summed E-state index contributed by atoms with van der Waals surface area (Å²) in [6.07, 6.45) is 1.78. The second-order valence-electron chi connectivity index (χ2n) is 4.15. The van der Waals surface area contributed by atoms with E-state index >= 15 is 0 Å². The lowest BCUT2D eigenvalue weighted by Crippen LogP contribution is -2.12. The fourth-order valence-electron chi connectivity index (χ4n) is 1.68. The average molecular weight is 341 g/mol. The van der Waals surface area contributed by atoms with Crippen LogP contribution in [0.4, 0.5) is 5.69 Å². The molecule has 0 saturated heterocycles. The lowest BCUT2D eigenvalue weighted by Gasteiger charge is -2.13. The Hall–Kier alpha value is -1.40. The summed E-state index contributed by atoms with van der Waals surface area (Å²) in [7, 11) is 0. The molecule has 4 nitrogen and oxygen atoms in total. The van der Waals surface area contributed by atoms with Crippen LogP contribution in [-0.4, -0.2) is 22.6 Å². The third kappa shape index (κ3) is 3.54. The van der Waals surface area contributed by atoms with Crippen molar-refractivity contribution in [1.82, 2.24) is 4.98 Å². The summed E-state index contributed by atoms with van der Waals surface area (Å²) < 4.78 is 0.753. The summed E-state index contributed by atoms with van der Waals surface area (Å²) in [4.78, 5) is 15.4. The van der Waals surface area contributed by atoms with E-state index in [0.717, 1.165) is 9.48 Å². The fraction of sp³-hybridized carbons (Fsp3) is 0.231. The highest BCUT2D eigenvalue weighted by Gasteiger charge is 2.13. The van der Waals surface area contributed by atoms with Crippen molar-refractivity contribution in [3.8, 4) is 0 Å². The van der Waals surface area contributed by atoms with Gasteiger partial charge in [-0.15, -0.1) is 11.3 Å². The van der Waals surface area contributed by atoms with Crippen LogP contribution < -0.4 is 5.32 Å². The zero-order chi connectivity index (χ0) is 13.8. The molecule has 1 aromatic carbocycles. The molecular formula is C13H13BrN2O2S. The summed E-state index contributed by atoms with van der Waals surface area (Å²) >= 11 is 4.88. The lowest BCUT2D eigenvalue weighted by molar-refractivity contribution is 0.0698. The minimum absolute atomic E-state index is 0.241. The van der Waals surface area contributed by atoms with Gasteiger partial charge >= 0.3 is 5.97 Å². The van der Waals surface area contributed by atoms with E-state index in [9.17, 15) is 4.79 Å². The third-order valence-electron chi connectivity index (χ3n) is 2.68. The van der Waals surface area contributed by atoms with E-state index in [-0.39, 0.29) is 11.5 Å². The highest BCUT2D eigenvalue weighted by molar-refractivity contribution is 9.10. The maximum Gasteiger partial charge on any atom is 0.337 e. The van der Waals surface area contributed by atoms with E-state index in [4.69, 9.17) is 5.11 Å². The highest BCUT2D eigenvalue weighted by atomic mass is 79.9. The molecule has 1 heterocycles. The van der Waals surface area contributed by atoms with Crippen LogP contribution in [0.25, 0.3) is 0 Å². The molecule has 2 rings (SSSR count). The molecule has 0 aliphatic rings. The maximum atomic E-state index is 11.2. The summed E-state index contributed by atoms with van der Waals surface area (Å²) in [5.41, 5.74) is 0.889. The number of aromatic carboxylic acids is 1. The summed E-state index contributed by atoms with van der Waals surface area (Å²) in [5, 5.41) is 15.3. The molecule has 0 radical (unpaired) electrons. The second-order valence-corrected chi connectivity index (χ2v) is 5.99. The molecule has 0 spiro atoms. The number of thiazole rings is 1. The number of hydrogen-bond donors (Lipinski definition) is 2. The van der Waals surface area contributed by atoms with E-state index in [1.807, 2.05) is 11.4 Å². The number of nitrogens with one attached hydrogen (secondary N) is 1. The van der Waals surface area contributed by atoms with Crippen molar-refractivity contribution in [3.63, 3.8) is 0 Å². The zero-order valence-electron chi connectivity index (χ0n) is 10.3. The first-order valence-corrected chi connectivity index (χ1v) is 7.41. The number of carboxylic acid groups (broad SMARTS) is 1. The molecule has 19 heavy (non-hydrogen) atoms. The van der Waals surface area contributed by atoms with Crippen LogP contribution in [-0.2, 0) is 0 Å². The monoisotopic (exact) mass is 340 g/mol. The third-order valence-corrected chi connectivity index (χ3v) is 4.18. The normalized spacial score (nSPS) is 12.1. The van der Waals surface area contributed by atoms with Crippen LogP contribution in [0, 0.1) is 0 Å². The highest BCUT2D eigenvalue weighted by Crippen LogP contribution is 2.23. The summed E-state index contributed by atoms with van der Waals surface area (Å²) in [6, 6.07) is 5.18. The zero-order valence-corrected chi connectivity index (χ0v) is 12.7. The molecular weight excluding hydrogens is 328 g/mol. The van der Waals surface area contributed by atoms with E-state index in [2.05, 4.69) is 33.2 Å². The van der Waals surface area contributed by atoms with Gasteiger partial charge in [0.2, 0.25) is 0 Å². The molecule has 1 aromatic heterocycles. The van der Waals surface area contributed by atoms with Gasteiger partial charge in [-0.2, -0.15) is 0 Å². The van der Waals surface area contributed by atoms with Gasteiger partial charge in [-0.05, 0) is 18.2 Å². The Morgan fingerprint density at radius 1 is 1.58 bits per heavy atom. The largest absolute Gasteiger partial charge is 0.478 e. The lowest BCUT2D eigenvalue weighted by atomic mass is 10.1. The number of carboxylic acids is 1. The van der Waals surface area contributed by atoms with Crippen LogP contribution in [0.5, 0.6) is 0 Å². The number of hydrogen-bond acceptors (Lipinski definition) is 4. The molecule has 2 aromatic rings. The second kappa shape index (κ2) is 6.16. The Morgan fingerprint density at radius 2 is 2.37 bits per heavy atom. The topological polar surface area (TPSA) is 62.2 Å². The molecule has 0 bridgehead atoms. The van der Waals surface area contributed by atoms with Crippen LogP contribution in [0.1, 0.15) is 28.2 Å². The van der Waals surface area contributed by atoms with Crippen LogP contribution >= 0.6 is 27.3 Å². The Bertz CT molecular complexity index is 572. The number of benzene rings is 1. The fourth-order valence-corrected chi connectivity index (χ4v) is 2.74. The Labute approximate surface area is 123 Å². The molecule has 0 aliphatic heterocycles. The molecule has 6 heteroatoms. The standard InChI is InChI=1S/C13H13BrN2O2S/c1-8(12-15-4-5-19-12)7-16-11-3-2-9(14)6-10(11)13(17)18/h2-6,8,16H,7H2,1H3,(H,17,18). The molecule has 2 N–H and O–H groups in total. The predicted molar refractivity (Wildman–Crippen MR) is 80.1 cm³/mol. The van der Waals surface area contributed by atoms with E-state index in [1.165, 1.54) is 0 Å². The maximum absolute atomic E-state index is 11.2. The van der Waals surface area contributed by atoms with Crippen molar-refractivity contribution >= 4 is 38.9 Å². The molecule has 1 unspecified atom stereocenters. The Morgan fingerprint density at radius 3 is 3.00 bits per heavy atom. The van der Waals surface area contributed by atoms with Gasteiger partial charge < -0.3 is 10.4 Å². The summed E-state index contributed by atoms with van der Waals surface area (Å²) in [6.45, 7) is 2.71. The van der Waals surface area contributed by atoms with Gasteiger partial charge in [-0.3, -0.25) is 0 Å². The first kappa shape index (κ1) is 14.0. The summed E-state index contributed by atoms with van der Waals surface area (Å²) in [5.74, 6) is -0.698. The minimum atomic E-state index is -0.939. The van der Waals surface area contributed by atoms with Crippen molar-refractivity contribution in [2.24, 2.45) is 0 Å². The Balaban J connectivity index is 2.09. The molecule has 100 valence electrons. The van der Waals surface area contributed by atoms with Crippen molar-refractivity contribution < 1.29 is 9.90 Å². The number of nitrogens with zero attached hydrogens (tertiary/aromatic N) is 1. The number of carbonyl (C=O) groups is 1. The van der Waals surface area contributed by atoms with Gasteiger partial charge in [0.05, 0.1) is 10.6 Å². The van der Waals surface area contributed by atoms with Crippen molar-refractivity contribution in [3.05, 3.63) is 44.8 Å². The van der Waals surface area contributed by atoms with E-state index in [1.54, 1.807) is 29.7 Å². The predicted octanol–water partition coefficient (Wildman–Crippen LogP) is 3.82. The van der Waals surface area contributed by atoms with E-state index in [0.29, 0.717) is 12.2 Å². The van der Waals surface area contributed by atoms with Crippen molar-refractivity contribution in [2.75, 3.05) is 11.9 Å². The number of anilines is 1. The molecule has 0 amide bonds. The smallest absolute Gasteiger partial charge is 0.337 e. The van der Waals surface area contributed by atoms with Gasteiger partial charge in [-0.25, -0.2) is 9.78 Å². The number of aromatic nitrogens is 1. The first-order valence-electron chi connectivity index (χ1n) is 5.74. The SMILES string of the molecule is CC(CNc1ccc(Br)cc1C(=O)O)c1nccs1.